The van der Waals surface area contributed by atoms with Crippen LogP contribution in [-0.2, 0) is 13.1 Å². The summed E-state index contributed by atoms with van der Waals surface area (Å²) in [7, 11) is 0. The summed E-state index contributed by atoms with van der Waals surface area (Å²) in [4.78, 5) is 21.3. The third kappa shape index (κ3) is 5.63. The van der Waals surface area contributed by atoms with Crippen molar-refractivity contribution in [1.29, 1.82) is 0 Å². The Morgan fingerprint density at radius 1 is 1.09 bits per heavy atom. The van der Waals surface area contributed by atoms with Crippen LogP contribution < -0.4 is 10.1 Å². The second-order valence-electron chi connectivity index (χ2n) is 8.84. The highest BCUT2D eigenvalue weighted by Gasteiger charge is 2.13. The molecule has 0 fully saturated rings. The van der Waals surface area contributed by atoms with E-state index in [1.807, 2.05) is 18.2 Å². The third-order valence-corrected chi connectivity index (χ3v) is 5.89. The van der Waals surface area contributed by atoms with Gasteiger partial charge in [-0.2, -0.15) is 0 Å². The SMILES string of the molecule is Cc1ccc(C(C)C)c(OCCCCn2c(CNC(=O)c3cccnc3)nc3ccccc32)c1. The maximum absolute atomic E-state index is 12.5. The van der Waals surface area contributed by atoms with Crippen molar-refractivity contribution in [1.82, 2.24) is 19.9 Å². The van der Waals surface area contributed by atoms with Crippen molar-refractivity contribution in [2.24, 2.45) is 0 Å². The fraction of sp³-hybridized carbons (Fsp3) is 0.321. The summed E-state index contributed by atoms with van der Waals surface area (Å²) in [6, 6.07) is 18.0. The van der Waals surface area contributed by atoms with Crippen LogP contribution in [-0.4, -0.2) is 27.0 Å². The molecule has 0 radical (unpaired) electrons. The van der Waals surface area contributed by atoms with Gasteiger partial charge in [0.2, 0.25) is 0 Å². The fourth-order valence-corrected chi connectivity index (χ4v) is 4.07. The summed E-state index contributed by atoms with van der Waals surface area (Å²) < 4.78 is 8.36. The van der Waals surface area contributed by atoms with Crippen LogP contribution in [0.5, 0.6) is 5.75 Å². The first kappa shape index (κ1) is 23.5. The second-order valence-corrected chi connectivity index (χ2v) is 8.84. The number of ether oxygens (including phenoxy) is 1. The number of carbonyl (C=O) groups excluding carboxylic acids is 1. The van der Waals surface area contributed by atoms with Crippen LogP contribution in [0.25, 0.3) is 11.0 Å². The Labute approximate surface area is 201 Å². The number of nitrogens with zero attached hydrogens (tertiary/aromatic N) is 3. The standard InChI is InChI=1S/C28H32N4O2/c1-20(2)23-13-12-21(3)17-26(23)34-16-7-6-15-32-25-11-5-4-10-24(25)31-27(32)19-30-28(33)22-9-8-14-29-18-22/h4-5,8-14,17-18,20H,6-7,15-16,19H2,1-3H3,(H,30,33). The van der Waals surface area contributed by atoms with Gasteiger partial charge in [0.25, 0.3) is 5.91 Å². The average Bonchev–Trinajstić information content (AvgIpc) is 3.20. The monoisotopic (exact) mass is 456 g/mol. The number of nitrogens with one attached hydrogen (secondary N) is 1. The molecule has 0 aliphatic carbocycles. The van der Waals surface area contributed by atoms with Gasteiger partial charge in [-0.3, -0.25) is 9.78 Å². The van der Waals surface area contributed by atoms with E-state index in [0.29, 0.717) is 24.6 Å². The molecule has 34 heavy (non-hydrogen) atoms. The van der Waals surface area contributed by atoms with Gasteiger partial charge in [0.05, 0.1) is 29.7 Å². The molecule has 4 rings (SSSR count). The molecule has 176 valence electrons. The second kappa shape index (κ2) is 11.0. The third-order valence-electron chi connectivity index (χ3n) is 5.89. The number of benzene rings is 2. The maximum atomic E-state index is 12.5. The van der Waals surface area contributed by atoms with Crippen LogP contribution in [0.3, 0.4) is 0 Å². The van der Waals surface area contributed by atoms with Crippen molar-refractivity contribution in [3.8, 4) is 5.75 Å². The number of rotatable bonds is 10. The molecule has 0 unspecified atom stereocenters. The average molecular weight is 457 g/mol. The predicted octanol–water partition coefficient (Wildman–Crippen LogP) is 5.65. The van der Waals surface area contributed by atoms with Gasteiger partial charge in [0.1, 0.15) is 11.6 Å². The molecule has 2 aromatic carbocycles. The molecule has 0 bridgehead atoms. The molecule has 0 spiro atoms. The molecule has 2 heterocycles. The van der Waals surface area contributed by atoms with Crippen molar-refractivity contribution in [2.75, 3.05) is 6.61 Å². The smallest absolute Gasteiger partial charge is 0.253 e. The fourth-order valence-electron chi connectivity index (χ4n) is 4.07. The summed E-state index contributed by atoms with van der Waals surface area (Å²) in [5.74, 6) is 2.11. The number of fused-ring (bicyclic) bond motifs is 1. The number of hydrogen-bond donors (Lipinski definition) is 1. The van der Waals surface area contributed by atoms with Crippen molar-refractivity contribution in [3.63, 3.8) is 0 Å². The van der Waals surface area contributed by atoms with Crippen LogP contribution >= 0.6 is 0 Å². The van der Waals surface area contributed by atoms with Crippen LogP contribution in [0.2, 0.25) is 0 Å². The lowest BCUT2D eigenvalue weighted by Gasteiger charge is -2.15. The Balaban J connectivity index is 1.38. The Bertz CT molecular complexity index is 1250. The van der Waals surface area contributed by atoms with Crippen LogP contribution in [0.1, 0.15) is 59.9 Å². The summed E-state index contributed by atoms with van der Waals surface area (Å²) in [5, 5.41) is 2.97. The van der Waals surface area contributed by atoms with Crippen LogP contribution in [0.4, 0.5) is 0 Å². The van der Waals surface area contributed by atoms with Gasteiger partial charge in [-0.1, -0.05) is 38.1 Å². The summed E-state index contributed by atoms with van der Waals surface area (Å²) in [5.41, 5.74) is 5.01. The topological polar surface area (TPSA) is 69.0 Å². The minimum Gasteiger partial charge on any atom is -0.493 e. The summed E-state index contributed by atoms with van der Waals surface area (Å²) in [6.45, 7) is 8.32. The van der Waals surface area contributed by atoms with Gasteiger partial charge in [0.15, 0.2) is 0 Å². The van der Waals surface area contributed by atoms with E-state index in [-0.39, 0.29) is 5.91 Å². The molecule has 4 aromatic rings. The molecule has 6 heteroatoms. The number of carbonyl (C=O) groups is 1. The van der Waals surface area contributed by atoms with E-state index in [2.05, 4.69) is 59.9 Å². The van der Waals surface area contributed by atoms with Gasteiger partial charge < -0.3 is 14.6 Å². The van der Waals surface area contributed by atoms with E-state index in [1.54, 1.807) is 24.5 Å². The predicted molar refractivity (Wildman–Crippen MR) is 135 cm³/mol. The first-order valence-electron chi connectivity index (χ1n) is 11.9. The molecular weight excluding hydrogens is 424 g/mol. The largest absolute Gasteiger partial charge is 0.493 e. The molecule has 0 saturated carbocycles. The van der Waals surface area contributed by atoms with E-state index in [4.69, 9.17) is 9.72 Å². The number of aromatic nitrogens is 3. The lowest BCUT2D eigenvalue weighted by atomic mass is 10.0. The number of unbranched alkanes of at least 4 members (excludes halogenated alkanes) is 1. The molecule has 0 aliphatic rings. The number of amides is 1. The van der Waals surface area contributed by atoms with Gasteiger partial charge in [-0.05, 0) is 67.1 Å². The first-order valence-corrected chi connectivity index (χ1v) is 11.9. The number of aryl methyl sites for hydroxylation is 2. The number of imidazole rings is 1. The zero-order valence-electron chi connectivity index (χ0n) is 20.1. The van der Waals surface area contributed by atoms with Crippen molar-refractivity contribution in [3.05, 3.63) is 89.5 Å². The van der Waals surface area contributed by atoms with Gasteiger partial charge >= 0.3 is 0 Å². The van der Waals surface area contributed by atoms with E-state index >= 15 is 0 Å². The van der Waals surface area contributed by atoms with E-state index in [9.17, 15) is 4.79 Å². The van der Waals surface area contributed by atoms with Crippen molar-refractivity contribution < 1.29 is 9.53 Å². The highest BCUT2D eigenvalue weighted by Crippen LogP contribution is 2.27. The Morgan fingerprint density at radius 3 is 2.74 bits per heavy atom. The molecule has 2 aromatic heterocycles. The van der Waals surface area contributed by atoms with Gasteiger partial charge in [-0.15, -0.1) is 0 Å². The zero-order chi connectivity index (χ0) is 23.9. The first-order chi connectivity index (χ1) is 16.5. The minimum absolute atomic E-state index is 0.154. The number of hydrogen-bond acceptors (Lipinski definition) is 4. The number of para-hydroxylation sites is 2. The maximum Gasteiger partial charge on any atom is 0.253 e. The molecule has 0 aliphatic heterocycles. The van der Waals surface area contributed by atoms with Crippen molar-refractivity contribution in [2.45, 2.75) is 52.6 Å². The quantitative estimate of drug-likeness (QED) is 0.313. The molecule has 0 atom stereocenters. The minimum atomic E-state index is -0.154. The van der Waals surface area contributed by atoms with Crippen LogP contribution in [0, 0.1) is 6.92 Å². The summed E-state index contributed by atoms with van der Waals surface area (Å²) >= 11 is 0. The lowest BCUT2D eigenvalue weighted by molar-refractivity contribution is 0.0949. The molecular formula is C28H32N4O2. The van der Waals surface area contributed by atoms with E-state index in [0.717, 1.165) is 42.0 Å². The normalized spacial score (nSPS) is 11.2. The molecule has 6 nitrogen and oxygen atoms in total. The molecule has 1 amide bonds. The molecule has 0 saturated heterocycles. The summed E-state index contributed by atoms with van der Waals surface area (Å²) in [6.07, 6.45) is 5.10. The van der Waals surface area contributed by atoms with Gasteiger partial charge in [-0.25, -0.2) is 4.98 Å². The lowest BCUT2D eigenvalue weighted by Crippen LogP contribution is -2.25. The zero-order valence-corrected chi connectivity index (χ0v) is 20.1. The van der Waals surface area contributed by atoms with E-state index < -0.39 is 0 Å². The highest BCUT2D eigenvalue weighted by atomic mass is 16.5. The van der Waals surface area contributed by atoms with Crippen molar-refractivity contribution >= 4 is 16.9 Å². The van der Waals surface area contributed by atoms with Crippen LogP contribution in [0.15, 0.2) is 67.0 Å². The Hall–Kier alpha value is -3.67. The molecule has 1 N–H and O–H groups in total. The number of pyridine rings is 1. The van der Waals surface area contributed by atoms with Gasteiger partial charge in [0, 0.05) is 18.9 Å². The highest BCUT2D eigenvalue weighted by molar-refractivity contribution is 5.93. The Morgan fingerprint density at radius 2 is 1.94 bits per heavy atom. The van der Waals surface area contributed by atoms with E-state index in [1.165, 1.54) is 11.1 Å². The Kier molecular flexibility index (Phi) is 7.58.